The second-order valence-electron chi connectivity index (χ2n) is 13.2. The molecule has 6 nitrogen and oxygen atoms in total. The van der Waals surface area contributed by atoms with Gasteiger partial charge in [0.1, 0.15) is 11.4 Å². The maximum atomic E-state index is 9.83. The Morgan fingerprint density at radius 1 is 0.529 bits per heavy atom. The van der Waals surface area contributed by atoms with E-state index in [1.165, 1.54) is 0 Å². The van der Waals surface area contributed by atoms with Gasteiger partial charge in [0.05, 0.1) is 12.4 Å². The summed E-state index contributed by atoms with van der Waals surface area (Å²) >= 11 is 0. The zero-order valence-corrected chi connectivity index (χ0v) is 23.0. The lowest BCUT2D eigenvalue weighted by Gasteiger charge is -2.21. The summed E-state index contributed by atoms with van der Waals surface area (Å²) in [6.07, 6.45) is 7.52. The molecule has 2 aliphatic rings. The summed E-state index contributed by atoms with van der Waals surface area (Å²) in [6.45, 7) is 25.3. The zero-order chi connectivity index (χ0) is 26.3. The van der Waals surface area contributed by atoms with E-state index in [0.29, 0.717) is 11.4 Å². The Balaban J connectivity index is 2.51. The van der Waals surface area contributed by atoms with Crippen molar-refractivity contribution in [2.24, 2.45) is 42.2 Å². The third kappa shape index (κ3) is 5.65. The van der Waals surface area contributed by atoms with Gasteiger partial charge in [-0.15, -0.1) is 0 Å². The Labute approximate surface area is 205 Å². The average molecular weight is 467 g/mol. The number of rotatable bonds is 3. The Morgan fingerprint density at radius 2 is 0.824 bits per heavy atom. The molecule has 0 spiro atoms. The second-order valence-corrected chi connectivity index (χ2v) is 13.2. The van der Waals surface area contributed by atoms with Gasteiger partial charge < -0.3 is 10.4 Å². The molecule has 2 N–H and O–H groups in total. The van der Waals surface area contributed by atoms with Crippen molar-refractivity contribution in [3.8, 4) is 0 Å². The topological polar surface area (TPSA) is 89.9 Å². The van der Waals surface area contributed by atoms with Crippen molar-refractivity contribution in [3.63, 3.8) is 0 Å². The molecule has 186 valence electrons. The van der Waals surface area contributed by atoms with Crippen LogP contribution in [-0.2, 0) is 0 Å². The van der Waals surface area contributed by atoms with E-state index < -0.39 is 0 Å². The lowest BCUT2D eigenvalue weighted by molar-refractivity contribution is 0.318. The quantitative estimate of drug-likeness (QED) is 0.258. The van der Waals surface area contributed by atoms with E-state index in [4.69, 9.17) is 0 Å². The summed E-state index contributed by atoms with van der Waals surface area (Å²) in [6, 6.07) is 0. The van der Waals surface area contributed by atoms with Gasteiger partial charge in [-0.05, 0) is 44.0 Å². The van der Waals surface area contributed by atoms with Gasteiger partial charge >= 0.3 is 0 Å². The number of hydrogen-bond acceptors (Lipinski definition) is 6. The van der Waals surface area contributed by atoms with Crippen LogP contribution >= 0.6 is 0 Å². The minimum absolute atomic E-state index is 0.163. The van der Waals surface area contributed by atoms with Gasteiger partial charge in [-0.3, -0.25) is 0 Å². The number of hydrogen-bond donors (Lipinski definition) is 2. The van der Waals surface area contributed by atoms with E-state index in [9.17, 15) is 10.4 Å². The highest BCUT2D eigenvalue weighted by Gasteiger charge is 2.36. The van der Waals surface area contributed by atoms with Crippen LogP contribution in [0.3, 0.4) is 0 Å². The molecule has 0 unspecified atom stereocenters. The Hall–Kier alpha value is -2.76. The van der Waals surface area contributed by atoms with Crippen molar-refractivity contribution in [1.29, 1.82) is 0 Å². The van der Waals surface area contributed by atoms with Gasteiger partial charge in [-0.1, -0.05) is 106 Å². The standard InChI is InChI=1S/C28H42N4O2/c1-25(2,3)19-13-21(27(7,8)9)23(31-33)17(19)15-29-30-16-18-20(26(4,5)6)14-22(24(18)32-34)28(10,11)12/h13-16,33-34H,1-12H3/b29-15+,30-16+,31-23-,32-24-. The molecule has 34 heavy (non-hydrogen) atoms. The van der Waals surface area contributed by atoms with E-state index in [2.05, 4.69) is 116 Å². The zero-order valence-electron chi connectivity index (χ0n) is 23.0. The van der Waals surface area contributed by atoms with E-state index in [1.807, 2.05) is 0 Å². The summed E-state index contributed by atoms with van der Waals surface area (Å²) in [5.74, 6) is 0. The highest BCUT2D eigenvalue weighted by molar-refractivity contribution is 6.28. The lowest BCUT2D eigenvalue weighted by atomic mass is 9.83. The predicted octanol–water partition coefficient (Wildman–Crippen LogP) is 7.36. The predicted molar refractivity (Wildman–Crippen MR) is 143 cm³/mol. The Kier molecular flexibility index (Phi) is 7.37. The molecule has 0 aromatic carbocycles. The van der Waals surface area contributed by atoms with Crippen LogP contribution in [0.2, 0.25) is 0 Å². The molecule has 0 atom stereocenters. The molecule has 2 aliphatic carbocycles. The van der Waals surface area contributed by atoms with E-state index in [-0.39, 0.29) is 21.7 Å². The third-order valence-electron chi connectivity index (χ3n) is 6.05. The van der Waals surface area contributed by atoms with Crippen LogP contribution in [0.25, 0.3) is 0 Å². The molecule has 2 rings (SSSR count). The molecule has 0 radical (unpaired) electrons. The van der Waals surface area contributed by atoms with Crippen molar-refractivity contribution in [1.82, 2.24) is 0 Å². The summed E-state index contributed by atoms with van der Waals surface area (Å²) in [7, 11) is 0. The van der Waals surface area contributed by atoms with Crippen LogP contribution in [0.5, 0.6) is 0 Å². The van der Waals surface area contributed by atoms with Crippen molar-refractivity contribution < 1.29 is 10.4 Å². The van der Waals surface area contributed by atoms with Gasteiger partial charge in [0.25, 0.3) is 0 Å². The average Bonchev–Trinajstić information content (AvgIpc) is 3.22. The van der Waals surface area contributed by atoms with Crippen LogP contribution in [0.4, 0.5) is 0 Å². The largest absolute Gasteiger partial charge is 0.410 e. The molecule has 0 heterocycles. The van der Waals surface area contributed by atoms with Gasteiger partial charge in [-0.25, -0.2) is 0 Å². The molecular formula is C28H42N4O2. The molecule has 0 aromatic heterocycles. The third-order valence-corrected chi connectivity index (χ3v) is 6.05. The molecule has 0 fully saturated rings. The van der Waals surface area contributed by atoms with Crippen molar-refractivity contribution in [2.75, 3.05) is 0 Å². The lowest BCUT2D eigenvalue weighted by Crippen LogP contribution is -2.18. The minimum Gasteiger partial charge on any atom is -0.410 e. The summed E-state index contributed by atoms with van der Waals surface area (Å²) in [5, 5.41) is 35.6. The molecule has 6 heteroatoms. The van der Waals surface area contributed by atoms with Crippen LogP contribution in [-0.4, -0.2) is 34.3 Å². The smallest absolute Gasteiger partial charge is 0.115 e. The molecule has 0 saturated heterocycles. The first-order chi connectivity index (χ1) is 15.3. The fourth-order valence-electron chi connectivity index (χ4n) is 4.17. The van der Waals surface area contributed by atoms with E-state index in [1.54, 1.807) is 12.4 Å². The first-order valence-electron chi connectivity index (χ1n) is 11.8. The Morgan fingerprint density at radius 3 is 1.03 bits per heavy atom. The maximum absolute atomic E-state index is 9.83. The van der Waals surface area contributed by atoms with Crippen LogP contribution in [0.15, 0.2) is 66.1 Å². The summed E-state index contributed by atoms with van der Waals surface area (Å²) < 4.78 is 0. The monoisotopic (exact) mass is 466 g/mol. The highest BCUT2D eigenvalue weighted by atomic mass is 16.4. The molecule has 0 saturated carbocycles. The van der Waals surface area contributed by atoms with Crippen LogP contribution < -0.4 is 0 Å². The van der Waals surface area contributed by atoms with E-state index in [0.717, 1.165) is 33.4 Å². The van der Waals surface area contributed by atoms with Gasteiger partial charge in [0.15, 0.2) is 0 Å². The maximum Gasteiger partial charge on any atom is 0.115 e. The highest BCUT2D eigenvalue weighted by Crippen LogP contribution is 2.42. The molecular weight excluding hydrogens is 424 g/mol. The normalized spacial score (nSPS) is 21.2. The minimum atomic E-state index is -0.186. The number of allylic oxidation sites excluding steroid dienone is 8. The Bertz CT molecular complexity index is 991. The van der Waals surface area contributed by atoms with Crippen LogP contribution in [0.1, 0.15) is 83.1 Å². The van der Waals surface area contributed by atoms with Gasteiger partial charge in [0, 0.05) is 11.1 Å². The molecule has 0 bridgehead atoms. The van der Waals surface area contributed by atoms with Gasteiger partial charge in [-0.2, -0.15) is 10.2 Å². The molecule has 0 aromatic rings. The summed E-state index contributed by atoms with van der Waals surface area (Å²) in [4.78, 5) is 0. The number of nitrogens with zero attached hydrogens (tertiary/aromatic N) is 4. The molecule has 0 amide bonds. The van der Waals surface area contributed by atoms with Crippen molar-refractivity contribution in [2.45, 2.75) is 83.1 Å². The van der Waals surface area contributed by atoms with Crippen molar-refractivity contribution in [3.05, 3.63) is 45.6 Å². The van der Waals surface area contributed by atoms with Gasteiger partial charge in [0.2, 0.25) is 0 Å². The first-order valence-corrected chi connectivity index (χ1v) is 11.8. The summed E-state index contributed by atoms with van der Waals surface area (Å²) in [5.41, 5.74) is 5.91. The second kappa shape index (κ2) is 9.12. The first kappa shape index (κ1) is 27.5. The molecule has 0 aliphatic heterocycles. The van der Waals surface area contributed by atoms with E-state index >= 15 is 0 Å². The van der Waals surface area contributed by atoms with Crippen molar-refractivity contribution >= 4 is 23.9 Å². The number of oxime groups is 2. The van der Waals surface area contributed by atoms with Crippen LogP contribution in [0, 0.1) is 21.7 Å². The SMILES string of the molecule is CC(C)(C)C1=CC(C(C)(C)C)=C(/C=N/N=C/C2=C(C(C)(C)C)C=C(C(C)(C)C)/C2=N\O)/C1=N/O. The fourth-order valence-corrected chi connectivity index (χ4v) is 4.17. The fraction of sp³-hybridized carbons (Fsp3) is 0.571.